The van der Waals surface area contributed by atoms with Crippen LogP contribution in [0, 0.1) is 0 Å². The first-order chi connectivity index (χ1) is 10.2. The fourth-order valence-corrected chi connectivity index (χ4v) is 1.76. The Morgan fingerprint density at radius 2 is 1.57 bits per heavy atom. The highest BCUT2D eigenvalue weighted by Gasteiger charge is 2.21. The Morgan fingerprint density at radius 3 is 2.14 bits per heavy atom. The van der Waals surface area contributed by atoms with E-state index in [0.29, 0.717) is 11.4 Å². The number of anilines is 1. The van der Waals surface area contributed by atoms with Gasteiger partial charge in [-0.2, -0.15) is 0 Å². The minimum Gasteiger partial charge on any atom is -0.370 e. The molecule has 0 saturated carbocycles. The third-order valence-electron chi connectivity index (χ3n) is 2.75. The lowest BCUT2D eigenvalue weighted by Crippen LogP contribution is -2.44. The topological polar surface area (TPSA) is 42.0 Å². The van der Waals surface area contributed by atoms with Gasteiger partial charge in [0.15, 0.2) is 5.75 Å². The fraction of sp³-hybridized carbons (Fsp3) is 0.188. The Morgan fingerprint density at radius 1 is 1.00 bits per heavy atom. The minimum atomic E-state index is -0.313. The first kappa shape index (κ1) is 14.9. The molecule has 5 heteroatoms. The van der Waals surface area contributed by atoms with Gasteiger partial charge in [0.05, 0.1) is 5.69 Å². The van der Waals surface area contributed by atoms with Crippen molar-refractivity contribution < 1.29 is 14.4 Å². The number of benzene rings is 2. The maximum atomic E-state index is 12.5. The molecule has 0 saturated heterocycles. The maximum absolute atomic E-state index is 12.5. The molecule has 0 aliphatic rings. The lowest BCUT2D eigenvalue weighted by Gasteiger charge is -2.27. The number of hydrogen-bond donors (Lipinski definition) is 0. The molecule has 0 aliphatic carbocycles. The summed E-state index contributed by atoms with van der Waals surface area (Å²) in [7, 11) is 3.19. The molecule has 0 bridgehead atoms. The summed E-state index contributed by atoms with van der Waals surface area (Å²) in [5.41, 5.74) is 0.648. The van der Waals surface area contributed by atoms with E-state index in [2.05, 4.69) is 0 Å². The molecule has 110 valence electrons. The van der Waals surface area contributed by atoms with E-state index in [-0.39, 0.29) is 12.8 Å². The molecule has 0 spiro atoms. The Labute approximate surface area is 124 Å². The van der Waals surface area contributed by atoms with Gasteiger partial charge >= 0.3 is 6.03 Å². The van der Waals surface area contributed by atoms with Crippen LogP contribution in [-0.2, 0) is 4.74 Å². The van der Waals surface area contributed by atoms with Gasteiger partial charge in [-0.15, -0.1) is 5.06 Å². The highest BCUT2D eigenvalue weighted by Crippen LogP contribution is 2.19. The lowest BCUT2D eigenvalue weighted by atomic mass is 10.3. The van der Waals surface area contributed by atoms with Crippen molar-refractivity contribution in [3.63, 3.8) is 0 Å². The number of carbonyl (C=O) groups excluding carboxylic acids is 1. The fourth-order valence-electron chi connectivity index (χ4n) is 1.76. The summed E-state index contributed by atoms with van der Waals surface area (Å²) in [6.07, 6.45) is 0. The van der Waals surface area contributed by atoms with Crippen molar-refractivity contribution in [1.82, 2.24) is 4.90 Å². The maximum Gasteiger partial charge on any atom is 0.359 e. The van der Waals surface area contributed by atoms with Gasteiger partial charge in [0.1, 0.15) is 6.73 Å². The molecule has 0 atom stereocenters. The van der Waals surface area contributed by atoms with Gasteiger partial charge < -0.3 is 14.5 Å². The summed E-state index contributed by atoms with van der Waals surface area (Å²) in [6, 6.07) is 18.0. The molecular formula is C16H18N2O3. The molecule has 0 aromatic heterocycles. The molecule has 0 heterocycles. The van der Waals surface area contributed by atoms with Crippen LogP contribution in [0.5, 0.6) is 5.75 Å². The minimum absolute atomic E-state index is 0.181. The van der Waals surface area contributed by atoms with Crippen LogP contribution >= 0.6 is 0 Å². The van der Waals surface area contributed by atoms with E-state index in [1.165, 1.54) is 17.1 Å². The van der Waals surface area contributed by atoms with Crippen molar-refractivity contribution in [2.75, 3.05) is 26.0 Å². The standard InChI is InChI=1S/C16H18N2O3/c1-17(13-20-2)16(19)18(14-9-5-3-6-10-14)21-15-11-7-4-8-12-15/h3-12H,13H2,1-2H3. The highest BCUT2D eigenvalue weighted by molar-refractivity contribution is 5.90. The normalized spacial score (nSPS) is 10.0. The molecule has 2 aromatic carbocycles. The zero-order valence-corrected chi connectivity index (χ0v) is 12.1. The number of rotatable bonds is 5. The second kappa shape index (κ2) is 7.31. The van der Waals surface area contributed by atoms with E-state index in [1.807, 2.05) is 48.5 Å². The SMILES string of the molecule is COCN(C)C(=O)N(Oc1ccccc1)c1ccccc1. The summed E-state index contributed by atoms with van der Waals surface area (Å²) in [6.45, 7) is 0.181. The van der Waals surface area contributed by atoms with Crippen LogP contribution in [0.25, 0.3) is 0 Å². The third kappa shape index (κ3) is 3.97. The number of urea groups is 1. The number of hydroxylamine groups is 1. The molecular weight excluding hydrogens is 268 g/mol. The summed E-state index contributed by atoms with van der Waals surface area (Å²) in [4.78, 5) is 19.6. The number of nitrogens with zero attached hydrogens (tertiary/aromatic N) is 2. The predicted molar refractivity (Wildman–Crippen MR) is 81.0 cm³/mol. The van der Waals surface area contributed by atoms with E-state index < -0.39 is 0 Å². The van der Waals surface area contributed by atoms with Crippen molar-refractivity contribution in [2.45, 2.75) is 0 Å². The quantitative estimate of drug-likeness (QED) is 0.626. The number of para-hydroxylation sites is 2. The van der Waals surface area contributed by atoms with Crippen molar-refractivity contribution in [1.29, 1.82) is 0 Å². The summed E-state index contributed by atoms with van der Waals surface area (Å²) in [5.74, 6) is 0.584. The Hall–Kier alpha value is -2.53. The van der Waals surface area contributed by atoms with Crippen LogP contribution in [0.1, 0.15) is 0 Å². The summed E-state index contributed by atoms with van der Waals surface area (Å²) < 4.78 is 4.98. The zero-order valence-electron chi connectivity index (χ0n) is 12.1. The number of methoxy groups -OCH3 is 1. The Kier molecular flexibility index (Phi) is 5.17. The van der Waals surface area contributed by atoms with Gasteiger partial charge in [-0.3, -0.25) is 0 Å². The van der Waals surface area contributed by atoms with Gasteiger partial charge in [0.2, 0.25) is 0 Å². The number of hydrogen-bond acceptors (Lipinski definition) is 3. The Balaban J connectivity index is 2.24. The van der Waals surface area contributed by atoms with Crippen molar-refractivity contribution in [3.8, 4) is 5.75 Å². The largest absolute Gasteiger partial charge is 0.370 e. The van der Waals surface area contributed by atoms with Gasteiger partial charge in [0.25, 0.3) is 0 Å². The monoisotopic (exact) mass is 286 g/mol. The zero-order chi connectivity index (χ0) is 15.1. The molecule has 2 aromatic rings. The van der Waals surface area contributed by atoms with E-state index in [1.54, 1.807) is 19.2 Å². The van der Waals surface area contributed by atoms with Crippen LogP contribution in [0.3, 0.4) is 0 Å². The number of ether oxygens (including phenoxy) is 1. The average Bonchev–Trinajstić information content (AvgIpc) is 2.54. The van der Waals surface area contributed by atoms with Crippen LogP contribution in [0.2, 0.25) is 0 Å². The molecule has 2 amide bonds. The average molecular weight is 286 g/mol. The van der Waals surface area contributed by atoms with Gasteiger partial charge in [-0.1, -0.05) is 36.4 Å². The van der Waals surface area contributed by atoms with Gasteiger partial charge in [-0.25, -0.2) is 4.79 Å². The molecule has 21 heavy (non-hydrogen) atoms. The van der Waals surface area contributed by atoms with Gasteiger partial charge in [0, 0.05) is 14.2 Å². The van der Waals surface area contributed by atoms with Crippen LogP contribution in [0.4, 0.5) is 10.5 Å². The molecule has 2 rings (SSSR count). The lowest BCUT2D eigenvalue weighted by molar-refractivity contribution is 0.0913. The van der Waals surface area contributed by atoms with E-state index >= 15 is 0 Å². The van der Waals surface area contributed by atoms with E-state index in [0.717, 1.165) is 0 Å². The second-order valence-corrected chi connectivity index (χ2v) is 4.43. The molecule has 0 unspecified atom stereocenters. The van der Waals surface area contributed by atoms with Crippen molar-refractivity contribution in [3.05, 3.63) is 60.7 Å². The molecule has 0 fully saturated rings. The van der Waals surface area contributed by atoms with Crippen molar-refractivity contribution in [2.24, 2.45) is 0 Å². The smallest absolute Gasteiger partial charge is 0.359 e. The van der Waals surface area contributed by atoms with Gasteiger partial charge in [-0.05, 0) is 24.3 Å². The van der Waals surface area contributed by atoms with E-state index in [4.69, 9.17) is 9.57 Å². The summed E-state index contributed by atoms with van der Waals surface area (Å²) in [5, 5.41) is 1.24. The molecule has 0 radical (unpaired) electrons. The first-order valence-corrected chi connectivity index (χ1v) is 6.54. The van der Waals surface area contributed by atoms with E-state index in [9.17, 15) is 4.79 Å². The molecule has 0 aliphatic heterocycles. The number of carbonyl (C=O) groups is 1. The predicted octanol–water partition coefficient (Wildman–Crippen LogP) is 3.14. The first-order valence-electron chi connectivity index (χ1n) is 6.54. The molecule has 5 nitrogen and oxygen atoms in total. The second-order valence-electron chi connectivity index (χ2n) is 4.43. The Bertz CT molecular complexity index is 560. The van der Waals surface area contributed by atoms with Crippen LogP contribution < -0.4 is 9.90 Å². The number of amides is 2. The summed E-state index contributed by atoms with van der Waals surface area (Å²) >= 11 is 0. The van der Waals surface area contributed by atoms with Crippen molar-refractivity contribution >= 4 is 11.7 Å². The third-order valence-corrected chi connectivity index (χ3v) is 2.75. The molecule has 0 N–H and O–H groups in total. The van der Waals surface area contributed by atoms with Crippen LogP contribution in [0.15, 0.2) is 60.7 Å². The van der Waals surface area contributed by atoms with Crippen LogP contribution in [-0.4, -0.2) is 31.8 Å². The highest BCUT2D eigenvalue weighted by atomic mass is 16.7.